The summed E-state index contributed by atoms with van der Waals surface area (Å²) in [6.45, 7) is 0. The number of rotatable bonds is 2. The molecule has 0 spiro atoms. The van der Waals surface area contributed by atoms with E-state index in [4.69, 9.17) is 5.84 Å². The Bertz CT molecular complexity index is 909. The maximum absolute atomic E-state index is 12.4. The van der Waals surface area contributed by atoms with Crippen molar-refractivity contribution in [2.75, 3.05) is 5.43 Å². The van der Waals surface area contributed by atoms with Gasteiger partial charge in [-0.3, -0.25) is 15.7 Å². The molecule has 4 N–H and O–H groups in total. The number of benzene rings is 2. The number of nitrogens with zero attached hydrogens (tertiary/aromatic N) is 1. The maximum atomic E-state index is 12.4. The number of aromatic amines is 1. The van der Waals surface area contributed by atoms with E-state index in [1.807, 2.05) is 29.4 Å². The number of aromatic nitrogens is 2. The first-order valence-corrected chi connectivity index (χ1v) is 8.66. The molecule has 0 bridgehead atoms. The van der Waals surface area contributed by atoms with Gasteiger partial charge in [0.15, 0.2) is 0 Å². The molecular weight excluding hydrogens is 516 g/mol. The van der Waals surface area contributed by atoms with Crippen molar-refractivity contribution >= 4 is 50.0 Å². The van der Waals surface area contributed by atoms with Crippen LogP contribution in [0.1, 0.15) is 5.69 Å². The number of H-pyrrole nitrogens is 1. The zero-order chi connectivity index (χ0) is 19.3. The van der Waals surface area contributed by atoms with Gasteiger partial charge < -0.3 is 5.43 Å². The van der Waals surface area contributed by atoms with Gasteiger partial charge in [-0.15, -0.1) is 12.4 Å². The lowest BCUT2D eigenvalue weighted by molar-refractivity contribution is -0.141. The van der Waals surface area contributed by atoms with Gasteiger partial charge in [0.25, 0.3) is 5.56 Å². The minimum atomic E-state index is -4.56. The Morgan fingerprint density at radius 1 is 0.963 bits per heavy atom. The van der Waals surface area contributed by atoms with Gasteiger partial charge in [-0.25, -0.2) is 4.68 Å². The maximum Gasteiger partial charge on any atom is 0.432 e. The molecule has 11 heteroatoms. The first-order valence-electron chi connectivity index (χ1n) is 7.08. The molecule has 0 atom stereocenters. The molecule has 0 radical (unpaired) electrons. The molecule has 5 nitrogen and oxygen atoms in total. The lowest BCUT2D eigenvalue weighted by Gasteiger charge is -2.04. The predicted molar refractivity (Wildman–Crippen MR) is 108 cm³/mol. The van der Waals surface area contributed by atoms with E-state index in [1.165, 1.54) is 12.1 Å². The molecule has 146 valence electrons. The van der Waals surface area contributed by atoms with Crippen molar-refractivity contribution in [3.63, 3.8) is 0 Å². The van der Waals surface area contributed by atoms with Crippen LogP contribution in [0.3, 0.4) is 0 Å². The monoisotopic (exact) mass is 528 g/mol. The number of halogens is 6. The fourth-order valence-electron chi connectivity index (χ4n) is 1.87. The Morgan fingerprint density at radius 2 is 1.44 bits per heavy atom. The van der Waals surface area contributed by atoms with Gasteiger partial charge in [-0.1, -0.05) is 31.9 Å². The van der Waals surface area contributed by atoms with Crippen molar-refractivity contribution in [2.24, 2.45) is 5.84 Å². The topological polar surface area (TPSA) is 75.8 Å². The zero-order valence-corrected chi connectivity index (χ0v) is 17.4. The fraction of sp³-hybridized carbons (Fsp3) is 0.0625. The average Bonchev–Trinajstić information content (AvgIpc) is 2.99. The summed E-state index contributed by atoms with van der Waals surface area (Å²) in [5, 5.41) is 2.02. The van der Waals surface area contributed by atoms with E-state index < -0.39 is 17.4 Å². The highest BCUT2D eigenvalue weighted by atomic mass is 79.9. The third kappa shape index (κ3) is 6.73. The summed E-state index contributed by atoms with van der Waals surface area (Å²) < 4.78 is 39.8. The number of hydrogen-bond acceptors (Lipinski definition) is 3. The van der Waals surface area contributed by atoms with E-state index in [2.05, 4.69) is 37.3 Å². The number of nitrogen functional groups attached to an aromatic ring is 1. The molecule has 1 heterocycles. The van der Waals surface area contributed by atoms with Gasteiger partial charge in [0, 0.05) is 20.7 Å². The van der Waals surface area contributed by atoms with Crippen molar-refractivity contribution in [1.29, 1.82) is 0 Å². The first kappa shape index (κ1) is 23.3. The lowest BCUT2D eigenvalue weighted by Crippen LogP contribution is -2.13. The number of hydrogen-bond donors (Lipinski definition) is 3. The normalized spacial score (nSPS) is 10.4. The van der Waals surface area contributed by atoms with Crippen LogP contribution < -0.4 is 16.8 Å². The third-order valence-electron chi connectivity index (χ3n) is 3.12. The van der Waals surface area contributed by atoms with Gasteiger partial charge >= 0.3 is 6.18 Å². The van der Waals surface area contributed by atoms with Crippen LogP contribution >= 0.6 is 44.3 Å². The van der Waals surface area contributed by atoms with E-state index >= 15 is 0 Å². The second-order valence-corrected chi connectivity index (χ2v) is 6.80. The van der Waals surface area contributed by atoms with Gasteiger partial charge in [-0.2, -0.15) is 13.2 Å². The average molecular weight is 531 g/mol. The zero-order valence-electron chi connectivity index (χ0n) is 13.4. The molecule has 0 fully saturated rings. The third-order valence-corrected chi connectivity index (χ3v) is 4.18. The van der Waals surface area contributed by atoms with Crippen molar-refractivity contribution in [2.45, 2.75) is 6.18 Å². The fourth-order valence-corrected chi connectivity index (χ4v) is 2.40. The molecule has 0 aliphatic heterocycles. The van der Waals surface area contributed by atoms with Gasteiger partial charge in [0.1, 0.15) is 5.69 Å². The molecule has 27 heavy (non-hydrogen) atoms. The quantitative estimate of drug-likeness (QED) is 0.319. The van der Waals surface area contributed by atoms with Crippen LogP contribution in [0.15, 0.2) is 68.3 Å². The minimum absolute atomic E-state index is 0. The van der Waals surface area contributed by atoms with Crippen molar-refractivity contribution in [3.05, 3.63) is 79.6 Å². The Hall–Kier alpha value is -1.75. The highest BCUT2D eigenvalue weighted by Crippen LogP contribution is 2.26. The van der Waals surface area contributed by atoms with E-state index in [-0.39, 0.29) is 12.4 Å². The molecule has 2 aromatic carbocycles. The van der Waals surface area contributed by atoms with Crippen LogP contribution in [-0.4, -0.2) is 9.78 Å². The van der Waals surface area contributed by atoms with Crippen LogP contribution in [0.5, 0.6) is 0 Å². The first-order chi connectivity index (χ1) is 12.2. The highest BCUT2D eigenvalue weighted by Gasteiger charge is 2.33. The number of alkyl halides is 3. The smallest absolute Gasteiger partial charge is 0.324 e. The SMILES string of the molecule is Cl.NNc1ccc(Br)cc1.O=c1cc(C(F)(F)F)[nH]n1-c1ccc(Br)cc1. The molecule has 0 aliphatic carbocycles. The summed E-state index contributed by atoms with van der Waals surface area (Å²) >= 11 is 6.50. The summed E-state index contributed by atoms with van der Waals surface area (Å²) in [5.74, 6) is 5.13. The highest BCUT2D eigenvalue weighted by molar-refractivity contribution is 9.10. The van der Waals surface area contributed by atoms with Crippen LogP contribution in [0, 0.1) is 0 Å². The summed E-state index contributed by atoms with van der Waals surface area (Å²) in [6.07, 6.45) is -4.56. The van der Waals surface area contributed by atoms with Crippen LogP contribution in [0.25, 0.3) is 5.69 Å². The summed E-state index contributed by atoms with van der Waals surface area (Å²) in [4.78, 5) is 11.4. The standard InChI is InChI=1S/C10H6BrF3N2O.C6H7BrN2.ClH/c11-6-1-3-7(4-2-6)16-9(17)5-8(15-16)10(12,13)14;7-5-1-3-6(9-8)4-2-5;/h1-5,15H;1-4,9H,8H2;1H. The summed E-state index contributed by atoms with van der Waals surface area (Å²) in [7, 11) is 0. The Balaban J connectivity index is 0.000000310. The molecule has 0 saturated heterocycles. The number of anilines is 1. The van der Waals surface area contributed by atoms with E-state index in [0.29, 0.717) is 11.8 Å². The molecule has 1 aromatic heterocycles. The van der Waals surface area contributed by atoms with Crippen LogP contribution in [0.4, 0.5) is 18.9 Å². The minimum Gasteiger partial charge on any atom is -0.324 e. The molecule has 0 amide bonds. The molecule has 3 rings (SSSR count). The number of nitrogens with two attached hydrogens (primary N) is 1. The largest absolute Gasteiger partial charge is 0.432 e. The second-order valence-electron chi connectivity index (χ2n) is 4.97. The molecule has 0 unspecified atom stereocenters. The number of nitrogens with one attached hydrogen (secondary N) is 2. The van der Waals surface area contributed by atoms with Gasteiger partial charge in [0.05, 0.1) is 5.69 Å². The summed E-state index contributed by atoms with van der Waals surface area (Å²) in [6, 6.07) is 14.5. The van der Waals surface area contributed by atoms with Crippen molar-refractivity contribution in [1.82, 2.24) is 9.78 Å². The van der Waals surface area contributed by atoms with Crippen LogP contribution in [0.2, 0.25) is 0 Å². The van der Waals surface area contributed by atoms with Crippen molar-refractivity contribution in [3.8, 4) is 5.69 Å². The van der Waals surface area contributed by atoms with Gasteiger partial charge in [0.2, 0.25) is 0 Å². The summed E-state index contributed by atoms with van der Waals surface area (Å²) in [5.41, 5.74) is 1.97. The van der Waals surface area contributed by atoms with E-state index in [9.17, 15) is 18.0 Å². The molecule has 0 aliphatic rings. The Kier molecular flexibility index (Phi) is 8.60. The van der Waals surface area contributed by atoms with Crippen molar-refractivity contribution < 1.29 is 13.2 Å². The molecule has 3 aromatic rings. The van der Waals surface area contributed by atoms with Crippen LogP contribution in [-0.2, 0) is 6.18 Å². The lowest BCUT2D eigenvalue weighted by atomic mass is 10.3. The van der Waals surface area contributed by atoms with Gasteiger partial charge in [-0.05, 0) is 48.5 Å². The van der Waals surface area contributed by atoms with E-state index in [0.717, 1.165) is 19.3 Å². The number of hydrazine groups is 1. The molecular formula is C16H14Br2ClF3N4O. The Labute approximate surface area is 175 Å². The predicted octanol–water partition coefficient (Wildman–Crippen LogP) is 5.10. The van der Waals surface area contributed by atoms with E-state index in [1.54, 1.807) is 12.1 Å². The Morgan fingerprint density at radius 3 is 1.85 bits per heavy atom. The molecule has 0 saturated carbocycles. The second kappa shape index (κ2) is 9.98.